The standard InChI is InChI=1S/C12H19BrO4/c1-5-6-10(13)12(16,7-9(4)14)11(15)17-8(2)3/h5,8,10,16H,1,6-7H2,2-4H3/t10-,12+/m1/s1. The predicted octanol–water partition coefficient (Wildman–Crippen LogP) is 1.99. The molecule has 0 saturated heterocycles. The lowest BCUT2D eigenvalue weighted by molar-refractivity contribution is -0.171. The lowest BCUT2D eigenvalue weighted by atomic mass is 9.91. The van der Waals surface area contributed by atoms with Crippen molar-refractivity contribution < 1.29 is 19.4 Å². The van der Waals surface area contributed by atoms with Gasteiger partial charge in [0.25, 0.3) is 0 Å². The lowest BCUT2D eigenvalue weighted by Gasteiger charge is -2.30. The number of carbonyl (C=O) groups excluding carboxylic acids is 2. The van der Waals surface area contributed by atoms with Gasteiger partial charge in [-0.25, -0.2) is 4.79 Å². The van der Waals surface area contributed by atoms with E-state index >= 15 is 0 Å². The number of carbonyl (C=O) groups is 2. The third-order valence-corrected chi connectivity index (χ3v) is 3.24. The molecule has 0 aromatic heterocycles. The summed E-state index contributed by atoms with van der Waals surface area (Å²) in [6, 6.07) is 0. The molecule has 2 atom stereocenters. The van der Waals surface area contributed by atoms with Gasteiger partial charge in [-0.15, -0.1) is 6.58 Å². The molecule has 0 rings (SSSR count). The van der Waals surface area contributed by atoms with Crippen LogP contribution in [0.25, 0.3) is 0 Å². The Kier molecular flexibility index (Phi) is 6.64. The largest absolute Gasteiger partial charge is 0.461 e. The first-order chi connectivity index (χ1) is 7.74. The fourth-order valence-corrected chi connectivity index (χ4v) is 1.96. The van der Waals surface area contributed by atoms with Crippen LogP contribution in [-0.2, 0) is 14.3 Å². The van der Waals surface area contributed by atoms with Crippen LogP contribution in [0.1, 0.15) is 33.6 Å². The monoisotopic (exact) mass is 306 g/mol. The van der Waals surface area contributed by atoms with Crippen molar-refractivity contribution in [1.29, 1.82) is 0 Å². The van der Waals surface area contributed by atoms with E-state index in [4.69, 9.17) is 4.74 Å². The first-order valence-corrected chi connectivity index (χ1v) is 6.33. The highest BCUT2D eigenvalue weighted by Crippen LogP contribution is 2.28. The molecule has 0 aliphatic heterocycles. The van der Waals surface area contributed by atoms with Gasteiger partial charge in [0.1, 0.15) is 5.78 Å². The maximum absolute atomic E-state index is 11.8. The highest BCUT2D eigenvalue weighted by Gasteiger charge is 2.45. The maximum atomic E-state index is 11.8. The smallest absolute Gasteiger partial charge is 0.340 e. The van der Waals surface area contributed by atoms with Gasteiger partial charge in [-0.1, -0.05) is 22.0 Å². The number of Topliss-reactive ketones (excluding diaryl/α,β-unsaturated/α-hetero) is 1. The van der Waals surface area contributed by atoms with E-state index < -0.39 is 16.4 Å². The van der Waals surface area contributed by atoms with Crippen molar-refractivity contribution in [3.8, 4) is 0 Å². The Balaban J connectivity index is 5.00. The van der Waals surface area contributed by atoms with E-state index in [1.165, 1.54) is 6.92 Å². The summed E-state index contributed by atoms with van der Waals surface area (Å²) in [7, 11) is 0. The van der Waals surface area contributed by atoms with E-state index in [2.05, 4.69) is 22.5 Å². The Morgan fingerprint density at radius 1 is 1.53 bits per heavy atom. The summed E-state index contributed by atoms with van der Waals surface area (Å²) in [4.78, 5) is 22.4. The van der Waals surface area contributed by atoms with Crippen molar-refractivity contribution in [2.75, 3.05) is 0 Å². The van der Waals surface area contributed by atoms with Crippen LogP contribution in [0.5, 0.6) is 0 Å². The zero-order valence-corrected chi connectivity index (χ0v) is 12.0. The summed E-state index contributed by atoms with van der Waals surface area (Å²) < 4.78 is 4.98. The molecule has 0 amide bonds. The minimum absolute atomic E-state index is 0.275. The number of hydrogen-bond acceptors (Lipinski definition) is 4. The molecule has 0 saturated carbocycles. The van der Waals surface area contributed by atoms with Crippen LogP contribution in [0, 0.1) is 0 Å². The van der Waals surface area contributed by atoms with E-state index in [1.807, 2.05) is 0 Å². The summed E-state index contributed by atoms with van der Waals surface area (Å²) in [5.74, 6) is -1.06. The van der Waals surface area contributed by atoms with Gasteiger partial charge < -0.3 is 9.84 Å². The molecule has 0 aliphatic rings. The molecule has 0 radical (unpaired) electrons. The molecule has 1 N–H and O–H groups in total. The summed E-state index contributed by atoms with van der Waals surface area (Å²) in [5, 5.41) is 10.3. The summed E-state index contributed by atoms with van der Waals surface area (Å²) in [5.41, 5.74) is -1.84. The maximum Gasteiger partial charge on any atom is 0.340 e. The van der Waals surface area contributed by atoms with E-state index in [0.29, 0.717) is 6.42 Å². The predicted molar refractivity (Wildman–Crippen MR) is 69.0 cm³/mol. The Labute approximate surface area is 110 Å². The summed E-state index contributed by atoms with van der Waals surface area (Å²) in [6.45, 7) is 8.22. The van der Waals surface area contributed by atoms with Crippen LogP contribution in [0.4, 0.5) is 0 Å². The Bertz CT molecular complexity index is 301. The fraction of sp³-hybridized carbons (Fsp3) is 0.667. The number of ether oxygens (including phenoxy) is 1. The first kappa shape index (κ1) is 16.3. The van der Waals surface area contributed by atoms with Crippen molar-refractivity contribution in [3.05, 3.63) is 12.7 Å². The molecule has 17 heavy (non-hydrogen) atoms. The Morgan fingerprint density at radius 3 is 2.41 bits per heavy atom. The van der Waals surface area contributed by atoms with Crippen LogP contribution >= 0.6 is 15.9 Å². The van der Waals surface area contributed by atoms with Crippen LogP contribution in [0.3, 0.4) is 0 Å². The number of aliphatic hydroxyl groups is 1. The second-order valence-electron chi connectivity index (χ2n) is 4.25. The van der Waals surface area contributed by atoms with E-state index in [0.717, 1.165) is 0 Å². The third kappa shape index (κ3) is 5.00. The van der Waals surface area contributed by atoms with Gasteiger partial charge in [0.2, 0.25) is 0 Å². The number of esters is 1. The number of halogens is 1. The van der Waals surface area contributed by atoms with Crippen molar-refractivity contribution in [3.63, 3.8) is 0 Å². The van der Waals surface area contributed by atoms with Crippen molar-refractivity contribution >= 4 is 27.7 Å². The van der Waals surface area contributed by atoms with Gasteiger partial charge in [0.15, 0.2) is 5.60 Å². The van der Waals surface area contributed by atoms with Gasteiger partial charge in [-0.3, -0.25) is 4.79 Å². The van der Waals surface area contributed by atoms with Gasteiger partial charge in [0.05, 0.1) is 10.9 Å². The van der Waals surface area contributed by atoms with Gasteiger partial charge in [-0.2, -0.15) is 0 Å². The van der Waals surface area contributed by atoms with Gasteiger partial charge >= 0.3 is 5.97 Å². The second-order valence-corrected chi connectivity index (χ2v) is 5.35. The number of hydrogen-bond donors (Lipinski definition) is 1. The van der Waals surface area contributed by atoms with Crippen molar-refractivity contribution in [1.82, 2.24) is 0 Å². The van der Waals surface area contributed by atoms with E-state index in [1.54, 1.807) is 19.9 Å². The molecule has 5 heteroatoms. The molecule has 0 heterocycles. The molecule has 0 aromatic carbocycles. The summed E-state index contributed by atoms with van der Waals surface area (Å²) in [6.07, 6.45) is 1.30. The summed E-state index contributed by atoms with van der Waals surface area (Å²) >= 11 is 3.21. The molecule has 0 bridgehead atoms. The third-order valence-electron chi connectivity index (χ3n) is 2.11. The van der Waals surface area contributed by atoms with Crippen LogP contribution in [-0.4, -0.2) is 33.4 Å². The SMILES string of the molecule is C=CC[C@@H](Br)[C@@](O)(CC(C)=O)C(=O)OC(C)C. The molecular formula is C12H19BrO4. The molecule has 0 spiro atoms. The minimum Gasteiger partial charge on any atom is -0.461 e. The molecule has 0 fully saturated rings. The molecule has 4 nitrogen and oxygen atoms in total. The normalized spacial score (nSPS) is 16.1. The lowest BCUT2D eigenvalue weighted by Crippen LogP contribution is -2.49. The Hall–Kier alpha value is -0.680. The zero-order chi connectivity index (χ0) is 13.6. The topological polar surface area (TPSA) is 63.6 Å². The van der Waals surface area contributed by atoms with Crippen molar-refractivity contribution in [2.45, 2.75) is 50.1 Å². The van der Waals surface area contributed by atoms with Crippen LogP contribution in [0.15, 0.2) is 12.7 Å². The number of alkyl halides is 1. The number of ketones is 1. The second kappa shape index (κ2) is 6.91. The minimum atomic E-state index is -1.84. The number of allylic oxidation sites excluding steroid dienone is 1. The van der Waals surface area contributed by atoms with Crippen LogP contribution in [0.2, 0.25) is 0 Å². The highest BCUT2D eigenvalue weighted by molar-refractivity contribution is 9.09. The quantitative estimate of drug-likeness (QED) is 0.444. The highest BCUT2D eigenvalue weighted by atomic mass is 79.9. The zero-order valence-electron chi connectivity index (χ0n) is 10.4. The average molecular weight is 307 g/mol. The fourth-order valence-electron chi connectivity index (χ4n) is 1.35. The Morgan fingerprint density at radius 2 is 2.06 bits per heavy atom. The van der Waals surface area contributed by atoms with Gasteiger partial charge in [-0.05, 0) is 27.2 Å². The first-order valence-electron chi connectivity index (χ1n) is 5.42. The van der Waals surface area contributed by atoms with E-state index in [9.17, 15) is 14.7 Å². The molecular weight excluding hydrogens is 288 g/mol. The molecule has 0 unspecified atom stereocenters. The molecule has 0 aromatic rings. The number of rotatable bonds is 7. The average Bonchev–Trinajstić information content (AvgIpc) is 2.15. The van der Waals surface area contributed by atoms with Gasteiger partial charge in [0, 0.05) is 6.42 Å². The molecule has 98 valence electrons. The van der Waals surface area contributed by atoms with Crippen molar-refractivity contribution in [2.24, 2.45) is 0 Å². The van der Waals surface area contributed by atoms with E-state index in [-0.39, 0.29) is 18.3 Å². The van der Waals surface area contributed by atoms with Crippen LogP contribution < -0.4 is 0 Å². The molecule has 0 aliphatic carbocycles.